The van der Waals surface area contributed by atoms with Crippen molar-refractivity contribution in [2.24, 2.45) is 5.92 Å². The maximum absolute atomic E-state index is 12.5. The van der Waals surface area contributed by atoms with E-state index in [1.54, 1.807) is 13.2 Å². The average molecular weight is 479 g/mol. The van der Waals surface area contributed by atoms with Crippen molar-refractivity contribution in [3.63, 3.8) is 0 Å². The summed E-state index contributed by atoms with van der Waals surface area (Å²) in [6.07, 6.45) is 0.324. The second-order valence-electron chi connectivity index (χ2n) is 7.76. The lowest BCUT2D eigenvalue weighted by atomic mass is 9.90. The number of methoxy groups -OCH3 is 1. The molecular weight excluding hydrogens is 452 g/mol. The van der Waals surface area contributed by atoms with Gasteiger partial charge in [-0.3, -0.25) is 4.79 Å². The van der Waals surface area contributed by atoms with Crippen LogP contribution in [-0.2, 0) is 18.9 Å². The van der Waals surface area contributed by atoms with Crippen molar-refractivity contribution in [3.05, 3.63) is 58.9 Å². The van der Waals surface area contributed by atoms with Gasteiger partial charge in [-0.15, -0.1) is 0 Å². The molecule has 1 amide bonds. The van der Waals surface area contributed by atoms with E-state index >= 15 is 0 Å². The van der Waals surface area contributed by atoms with Crippen LogP contribution in [0.4, 0.5) is 0 Å². The summed E-state index contributed by atoms with van der Waals surface area (Å²) in [4.78, 5) is 17.4. The van der Waals surface area contributed by atoms with Crippen LogP contribution in [0.3, 0.4) is 0 Å². The van der Waals surface area contributed by atoms with E-state index < -0.39 is 6.29 Å². The van der Waals surface area contributed by atoms with Crippen LogP contribution in [0.25, 0.3) is 0 Å². The molecule has 32 heavy (non-hydrogen) atoms. The van der Waals surface area contributed by atoms with E-state index in [1.807, 2.05) is 37.3 Å². The number of carbonyl (C=O) groups is 1. The third-order valence-electron chi connectivity index (χ3n) is 5.63. The minimum absolute atomic E-state index is 0.0337. The van der Waals surface area contributed by atoms with Gasteiger partial charge in [-0.2, -0.15) is 0 Å². The van der Waals surface area contributed by atoms with Crippen molar-refractivity contribution < 1.29 is 23.7 Å². The molecule has 4 rings (SSSR count). The van der Waals surface area contributed by atoms with Gasteiger partial charge < -0.3 is 24.3 Å². The van der Waals surface area contributed by atoms with Gasteiger partial charge in [0.2, 0.25) is 0 Å². The van der Waals surface area contributed by atoms with Crippen molar-refractivity contribution >= 4 is 29.3 Å². The summed E-state index contributed by atoms with van der Waals surface area (Å²) in [5, 5.41) is 3.24. The Bertz CT molecular complexity index is 934. The molecule has 3 heterocycles. The second kappa shape index (κ2) is 10.5. The van der Waals surface area contributed by atoms with E-state index in [1.165, 1.54) is 18.0 Å². The molecule has 1 aromatic carbocycles. The normalized spacial score (nSPS) is 29.9. The number of hydrogen-bond acceptors (Lipinski definition) is 7. The van der Waals surface area contributed by atoms with E-state index in [9.17, 15) is 4.79 Å². The predicted octanol–water partition coefficient (Wildman–Crippen LogP) is 4.07. The zero-order chi connectivity index (χ0) is 22.7. The molecule has 2 saturated heterocycles. The van der Waals surface area contributed by atoms with Crippen molar-refractivity contribution in [2.45, 2.75) is 48.8 Å². The Labute approximate surface area is 197 Å². The molecule has 2 aliphatic heterocycles. The molecule has 9 heteroatoms. The van der Waals surface area contributed by atoms with Gasteiger partial charge in [-0.1, -0.05) is 60.6 Å². The highest BCUT2D eigenvalue weighted by atomic mass is 35.5. The number of rotatable bonds is 6. The number of ether oxygens (including phenoxy) is 4. The van der Waals surface area contributed by atoms with Crippen LogP contribution in [0.15, 0.2) is 47.5 Å². The predicted molar refractivity (Wildman–Crippen MR) is 122 cm³/mol. The second-order valence-corrected chi connectivity index (χ2v) is 9.33. The Balaban J connectivity index is 1.53. The van der Waals surface area contributed by atoms with Gasteiger partial charge >= 0.3 is 0 Å². The molecular formula is C23H27ClN2O5S. The zero-order valence-electron chi connectivity index (χ0n) is 18.2. The van der Waals surface area contributed by atoms with Gasteiger partial charge in [0, 0.05) is 36.2 Å². The van der Waals surface area contributed by atoms with Gasteiger partial charge in [0.1, 0.15) is 17.2 Å². The molecule has 0 bridgehead atoms. The SMILES string of the molecule is CCNC(=O)c1ncc(Cl)cc1S[C@H]1OC2COC(c3ccccc3)O[C@@H]2C(C)C1OC. The summed E-state index contributed by atoms with van der Waals surface area (Å²) < 4.78 is 24.5. The standard InChI is InChI=1S/C23H27ClN2O5S/c1-4-25-21(27)18-17(10-15(24)11-26-18)32-23-20(28-3)13(2)19-16(30-23)12-29-22(31-19)14-8-6-5-7-9-14/h5-11,13,16,19-20,22-23H,4,12H2,1-3H3,(H,25,27)/t13?,16?,19-,20?,22?,23-/m1/s1. The first-order valence-corrected chi connectivity index (χ1v) is 11.9. The topological polar surface area (TPSA) is 78.9 Å². The van der Waals surface area contributed by atoms with E-state index in [-0.39, 0.29) is 35.6 Å². The third kappa shape index (κ3) is 4.95. The molecule has 6 atom stereocenters. The molecule has 0 saturated carbocycles. The van der Waals surface area contributed by atoms with Gasteiger partial charge in [-0.25, -0.2) is 4.98 Å². The molecule has 0 aliphatic carbocycles. The minimum atomic E-state index is -0.438. The smallest absolute Gasteiger partial charge is 0.271 e. The van der Waals surface area contributed by atoms with E-state index in [0.717, 1.165) is 5.56 Å². The highest BCUT2D eigenvalue weighted by Crippen LogP contribution is 2.43. The average Bonchev–Trinajstić information content (AvgIpc) is 2.80. The number of hydrogen-bond donors (Lipinski definition) is 1. The number of fused-ring (bicyclic) bond motifs is 1. The maximum atomic E-state index is 12.5. The molecule has 0 spiro atoms. The Kier molecular flexibility index (Phi) is 7.70. The van der Waals surface area contributed by atoms with Crippen LogP contribution < -0.4 is 5.32 Å². The Morgan fingerprint density at radius 2 is 2.09 bits per heavy atom. The number of nitrogens with zero attached hydrogens (tertiary/aromatic N) is 1. The fourth-order valence-corrected chi connectivity index (χ4v) is 5.68. The number of halogens is 1. The molecule has 2 fully saturated rings. The van der Waals surface area contributed by atoms with E-state index in [4.69, 9.17) is 30.5 Å². The molecule has 2 aliphatic rings. The van der Waals surface area contributed by atoms with Crippen LogP contribution in [0.2, 0.25) is 5.02 Å². The molecule has 2 aromatic rings. The summed E-state index contributed by atoms with van der Waals surface area (Å²) in [6, 6.07) is 11.6. The number of aromatic nitrogens is 1. The van der Waals surface area contributed by atoms with Crippen LogP contribution in [0.5, 0.6) is 0 Å². The van der Waals surface area contributed by atoms with Crippen molar-refractivity contribution in [3.8, 4) is 0 Å². The van der Waals surface area contributed by atoms with Crippen LogP contribution in [0, 0.1) is 5.92 Å². The van der Waals surface area contributed by atoms with Gasteiger partial charge in [0.15, 0.2) is 6.29 Å². The van der Waals surface area contributed by atoms with Gasteiger partial charge in [0.05, 0.1) is 23.8 Å². The monoisotopic (exact) mass is 478 g/mol. The maximum Gasteiger partial charge on any atom is 0.271 e. The van der Waals surface area contributed by atoms with E-state index in [0.29, 0.717) is 28.8 Å². The lowest BCUT2D eigenvalue weighted by molar-refractivity contribution is -0.309. The number of nitrogens with one attached hydrogen (secondary N) is 1. The first-order valence-electron chi connectivity index (χ1n) is 10.6. The Morgan fingerprint density at radius 3 is 2.81 bits per heavy atom. The number of amides is 1. The van der Waals surface area contributed by atoms with Gasteiger partial charge in [-0.05, 0) is 13.0 Å². The highest BCUT2D eigenvalue weighted by molar-refractivity contribution is 8.00. The third-order valence-corrected chi connectivity index (χ3v) is 7.01. The van der Waals surface area contributed by atoms with E-state index in [2.05, 4.69) is 17.2 Å². The quantitative estimate of drug-likeness (QED) is 0.670. The summed E-state index contributed by atoms with van der Waals surface area (Å²) >= 11 is 7.56. The highest BCUT2D eigenvalue weighted by Gasteiger charge is 2.48. The van der Waals surface area contributed by atoms with Crippen molar-refractivity contribution in [2.75, 3.05) is 20.3 Å². The number of carbonyl (C=O) groups excluding carboxylic acids is 1. The van der Waals surface area contributed by atoms with Crippen LogP contribution in [-0.4, -0.2) is 54.9 Å². The fourth-order valence-electron chi connectivity index (χ4n) is 4.07. The lowest BCUT2D eigenvalue weighted by Crippen LogP contribution is -2.57. The molecule has 1 N–H and O–H groups in total. The molecule has 4 unspecified atom stereocenters. The largest absolute Gasteiger partial charge is 0.377 e. The summed E-state index contributed by atoms with van der Waals surface area (Å²) in [7, 11) is 1.66. The lowest BCUT2D eigenvalue weighted by Gasteiger charge is -2.48. The fraction of sp³-hybridized carbons (Fsp3) is 0.478. The summed E-state index contributed by atoms with van der Waals surface area (Å²) in [5.74, 6) is -0.219. The van der Waals surface area contributed by atoms with Crippen LogP contribution >= 0.6 is 23.4 Å². The molecule has 7 nitrogen and oxygen atoms in total. The zero-order valence-corrected chi connectivity index (χ0v) is 19.8. The molecule has 172 valence electrons. The summed E-state index contributed by atoms with van der Waals surface area (Å²) in [6.45, 7) is 4.86. The Morgan fingerprint density at radius 1 is 1.31 bits per heavy atom. The number of pyridine rings is 1. The summed E-state index contributed by atoms with van der Waals surface area (Å²) in [5.41, 5.74) is 0.903. The first kappa shape index (κ1) is 23.5. The first-order chi connectivity index (χ1) is 15.5. The van der Waals surface area contributed by atoms with Crippen LogP contribution in [0.1, 0.15) is 36.2 Å². The minimum Gasteiger partial charge on any atom is -0.377 e. The van der Waals surface area contributed by atoms with Gasteiger partial charge in [0.25, 0.3) is 5.91 Å². The molecule has 1 aromatic heterocycles. The van der Waals surface area contributed by atoms with Crippen molar-refractivity contribution in [1.82, 2.24) is 10.3 Å². The Hall–Kier alpha value is -1.68. The van der Waals surface area contributed by atoms with Crippen molar-refractivity contribution in [1.29, 1.82) is 0 Å². The number of thioether (sulfide) groups is 1. The molecule has 0 radical (unpaired) electrons. The number of benzene rings is 1.